The summed E-state index contributed by atoms with van der Waals surface area (Å²) in [6, 6.07) is -0.887. The van der Waals surface area contributed by atoms with Crippen molar-refractivity contribution >= 4 is 5.91 Å². The number of unbranched alkanes of at least 4 members (excludes halogenated alkanes) is 45. The van der Waals surface area contributed by atoms with E-state index in [2.05, 4.69) is 43.5 Å². The maximum atomic E-state index is 13.5. The number of ether oxygens (including phenoxy) is 6. The molecule has 3 aliphatic rings. The third-order valence-corrected chi connectivity index (χ3v) is 20.5. The summed E-state index contributed by atoms with van der Waals surface area (Å²) in [6.07, 6.45) is 45.5. The molecule has 12 N–H and O–H groups in total. The molecular formula is C79H149NO18. The molecule has 0 aromatic carbocycles. The van der Waals surface area contributed by atoms with Crippen LogP contribution in [-0.2, 0) is 33.2 Å². The molecule has 0 aromatic heterocycles. The van der Waals surface area contributed by atoms with Crippen molar-refractivity contribution in [3.05, 3.63) is 24.3 Å². The molecule has 0 aromatic rings. The Morgan fingerprint density at radius 1 is 0.367 bits per heavy atom. The van der Waals surface area contributed by atoms with E-state index in [9.17, 15) is 61.0 Å². The van der Waals surface area contributed by atoms with E-state index >= 15 is 0 Å². The highest BCUT2D eigenvalue weighted by molar-refractivity contribution is 5.76. The number of carbonyl (C=O) groups excluding carboxylic acids is 1. The lowest BCUT2D eigenvalue weighted by molar-refractivity contribution is -0.379. The summed E-state index contributed by atoms with van der Waals surface area (Å²) < 4.78 is 34.5. The smallest absolute Gasteiger partial charge is 0.220 e. The number of aliphatic hydroxyl groups excluding tert-OH is 11. The second-order valence-corrected chi connectivity index (χ2v) is 29.2. The van der Waals surface area contributed by atoms with Crippen LogP contribution >= 0.6 is 0 Å². The molecule has 3 heterocycles. The fourth-order valence-corrected chi connectivity index (χ4v) is 14.0. The molecule has 3 rings (SSSR count). The summed E-state index contributed by atoms with van der Waals surface area (Å²) in [6.45, 7) is 1.85. The van der Waals surface area contributed by atoms with Gasteiger partial charge in [-0.3, -0.25) is 4.79 Å². The Balaban J connectivity index is 1.37. The van der Waals surface area contributed by atoms with E-state index < -0.39 is 124 Å². The molecule has 19 heteroatoms. The van der Waals surface area contributed by atoms with E-state index in [1.165, 1.54) is 257 Å². The molecule has 3 saturated heterocycles. The van der Waals surface area contributed by atoms with E-state index in [4.69, 9.17) is 28.4 Å². The van der Waals surface area contributed by atoms with Gasteiger partial charge in [-0.15, -0.1) is 0 Å². The summed E-state index contributed by atoms with van der Waals surface area (Å²) in [7, 11) is 0. The highest BCUT2D eigenvalue weighted by Gasteiger charge is 2.54. The third-order valence-electron chi connectivity index (χ3n) is 20.5. The molecular weight excluding hydrogens is 1250 g/mol. The minimum absolute atomic E-state index is 0.237. The zero-order valence-corrected chi connectivity index (χ0v) is 61.8. The minimum atomic E-state index is -1.97. The van der Waals surface area contributed by atoms with Crippen molar-refractivity contribution in [2.24, 2.45) is 0 Å². The predicted molar refractivity (Wildman–Crippen MR) is 388 cm³/mol. The first-order valence-electron chi connectivity index (χ1n) is 40.6. The Kier molecular flexibility index (Phi) is 55.9. The largest absolute Gasteiger partial charge is 0.394 e. The fraction of sp³-hybridized carbons (Fsp3) is 0.937. The second-order valence-electron chi connectivity index (χ2n) is 29.2. The van der Waals surface area contributed by atoms with Crippen molar-refractivity contribution in [1.82, 2.24) is 5.32 Å². The Morgan fingerprint density at radius 2 is 0.673 bits per heavy atom. The number of hydrogen-bond donors (Lipinski definition) is 12. The first-order chi connectivity index (χ1) is 47.8. The number of hydrogen-bond acceptors (Lipinski definition) is 18. The van der Waals surface area contributed by atoms with Crippen molar-refractivity contribution in [2.45, 2.75) is 446 Å². The van der Waals surface area contributed by atoms with Crippen LogP contribution in [0.2, 0.25) is 0 Å². The summed E-state index contributed by atoms with van der Waals surface area (Å²) >= 11 is 0. The van der Waals surface area contributed by atoms with Crippen LogP contribution in [0.5, 0.6) is 0 Å². The first kappa shape index (κ1) is 90.5. The molecule has 0 saturated carbocycles. The Bertz CT molecular complexity index is 1870. The van der Waals surface area contributed by atoms with Crippen LogP contribution < -0.4 is 5.32 Å². The minimum Gasteiger partial charge on any atom is -0.394 e. The average molecular weight is 1400 g/mol. The lowest BCUT2D eigenvalue weighted by Gasteiger charge is -2.48. The monoisotopic (exact) mass is 1400 g/mol. The van der Waals surface area contributed by atoms with Gasteiger partial charge in [0.15, 0.2) is 18.9 Å². The lowest BCUT2D eigenvalue weighted by Crippen LogP contribution is -2.66. The summed E-state index contributed by atoms with van der Waals surface area (Å²) in [5.74, 6) is -0.237. The fourth-order valence-electron chi connectivity index (χ4n) is 14.0. The zero-order valence-electron chi connectivity index (χ0n) is 61.8. The first-order valence-corrected chi connectivity index (χ1v) is 40.6. The summed E-state index contributed by atoms with van der Waals surface area (Å²) in [5, 5.41) is 121. The van der Waals surface area contributed by atoms with Crippen molar-refractivity contribution < 1.29 is 89.4 Å². The van der Waals surface area contributed by atoms with Crippen molar-refractivity contribution in [3.8, 4) is 0 Å². The number of amides is 1. The van der Waals surface area contributed by atoms with E-state index in [1.807, 2.05) is 0 Å². The molecule has 17 unspecified atom stereocenters. The van der Waals surface area contributed by atoms with Gasteiger partial charge >= 0.3 is 0 Å². The maximum Gasteiger partial charge on any atom is 0.220 e. The number of allylic oxidation sites excluding steroid dienone is 4. The van der Waals surface area contributed by atoms with Crippen LogP contribution in [0.25, 0.3) is 0 Å². The molecule has 17 atom stereocenters. The van der Waals surface area contributed by atoms with Gasteiger partial charge in [-0.25, -0.2) is 0 Å². The molecule has 0 spiro atoms. The van der Waals surface area contributed by atoms with Gasteiger partial charge in [0.1, 0.15) is 73.2 Å². The third kappa shape index (κ3) is 40.5. The van der Waals surface area contributed by atoms with Gasteiger partial charge < -0.3 is 89.9 Å². The van der Waals surface area contributed by atoms with Gasteiger partial charge in [0, 0.05) is 6.42 Å². The number of rotatable bonds is 65. The van der Waals surface area contributed by atoms with Crippen LogP contribution in [0.3, 0.4) is 0 Å². The van der Waals surface area contributed by atoms with Crippen molar-refractivity contribution in [3.63, 3.8) is 0 Å². The van der Waals surface area contributed by atoms with Crippen LogP contribution in [0.1, 0.15) is 341 Å². The van der Waals surface area contributed by atoms with Gasteiger partial charge in [0.2, 0.25) is 5.91 Å². The molecule has 3 fully saturated rings. The van der Waals surface area contributed by atoms with Gasteiger partial charge in [-0.05, 0) is 44.9 Å². The molecule has 98 heavy (non-hydrogen) atoms. The molecule has 0 radical (unpaired) electrons. The van der Waals surface area contributed by atoms with E-state index in [-0.39, 0.29) is 18.9 Å². The molecule has 0 bridgehead atoms. The zero-order chi connectivity index (χ0) is 71.1. The Labute approximate surface area is 594 Å². The van der Waals surface area contributed by atoms with E-state index in [1.54, 1.807) is 0 Å². The molecule has 1 amide bonds. The number of carbonyl (C=O) groups is 1. The lowest BCUT2D eigenvalue weighted by atomic mass is 9.96. The van der Waals surface area contributed by atoms with E-state index in [0.717, 1.165) is 51.4 Å². The SMILES string of the molecule is CCCCCCC/C=C\C/C=C\CCCCCCCCCCCCCCCCCC(=O)NC(COC1OC(CO)C(OC2OC(CO)C(OC3OC(CO)C(O)C(O)C3O)C(O)C2O)C(O)C1O)C(O)CCCCCCCCCCCCCCCCCCCCCCCCCCCC. The summed E-state index contributed by atoms with van der Waals surface area (Å²) in [5.41, 5.74) is 0. The van der Waals surface area contributed by atoms with Crippen LogP contribution in [0.4, 0.5) is 0 Å². The maximum absolute atomic E-state index is 13.5. The van der Waals surface area contributed by atoms with Crippen LogP contribution in [-0.4, -0.2) is 193 Å². The quantitative estimate of drug-likeness (QED) is 0.0199. The van der Waals surface area contributed by atoms with Crippen molar-refractivity contribution in [1.29, 1.82) is 0 Å². The van der Waals surface area contributed by atoms with Gasteiger partial charge in [0.25, 0.3) is 0 Å². The molecule has 578 valence electrons. The molecule has 0 aliphatic carbocycles. The normalized spacial score (nSPS) is 26.8. The topological polar surface area (TPSA) is 307 Å². The van der Waals surface area contributed by atoms with Crippen LogP contribution in [0.15, 0.2) is 24.3 Å². The predicted octanol–water partition coefficient (Wildman–Crippen LogP) is 13.3. The summed E-state index contributed by atoms with van der Waals surface area (Å²) in [4.78, 5) is 13.5. The Morgan fingerprint density at radius 3 is 1.04 bits per heavy atom. The average Bonchev–Trinajstić information content (AvgIpc) is 0.785. The van der Waals surface area contributed by atoms with Gasteiger partial charge in [-0.1, -0.05) is 314 Å². The number of nitrogens with one attached hydrogen (secondary N) is 1. The van der Waals surface area contributed by atoms with Crippen LogP contribution in [0, 0.1) is 0 Å². The number of aliphatic hydroxyl groups is 11. The van der Waals surface area contributed by atoms with E-state index in [0.29, 0.717) is 12.8 Å². The van der Waals surface area contributed by atoms with Gasteiger partial charge in [0.05, 0.1) is 38.6 Å². The highest BCUT2D eigenvalue weighted by Crippen LogP contribution is 2.33. The van der Waals surface area contributed by atoms with Crippen molar-refractivity contribution in [2.75, 3.05) is 26.4 Å². The highest BCUT2D eigenvalue weighted by atomic mass is 16.8. The van der Waals surface area contributed by atoms with Gasteiger partial charge in [-0.2, -0.15) is 0 Å². The second kappa shape index (κ2) is 60.5. The molecule has 3 aliphatic heterocycles. The standard InChI is InChI=1S/C79H149NO18/c1-3-5-7-9-11-13-15-17-19-21-23-25-27-29-31-33-35-37-39-41-43-45-47-49-51-53-55-57-67(85)80-62(63(84)56-54-52-50-48-46-44-42-40-38-36-34-32-30-28-26-24-22-20-18-16-14-12-10-8-6-4-2)61-93-77-73(91)70(88)75(65(59-82)95-77)98-79-74(92)71(89)76(66(60-83)96-79)97-78-72(90)69(87)68(86)64(58-81)94-78/h15,17,21,23,62-66,68-79,81-84,86-92H,3-14,16,18-20,22,24-61H2,1-2H3,(H,80,85)/b17-15-,23-21-. The Hall–Kier alpha value is -1.73. The molecule has 19 nitrogen and oxygen atoms in total.